The highest BCUT2D eigenvalue weighted by Gasteiger charge is 2.20. The zero-order valence-corrected chi connectivity index (χ0v) is 11.6. The molecule has 1 aliphatic rings. The van der Waals surface area contributed by atoms with Crippen molar-refractivity contribution in [2.75, 3.05) is 0 Å². The van der Waals surface area contributed by atoms with E-state index < -0.39 is 0 Å². The fourth-order valence-corrected chi connectivity index (χ4v) is 2.50. The van der Waals surface area contributed by atoms with Crippen molar-refractivity contribution in [3.8, 4) is 0 Å². The fraction of sp³-hybridized carbons (Fsp3) is 0.857. The molecule has 2 N–H and O–H groups in total. The summed E-state index contributed by atoms with van der Waals surface area (Å²) in [7, 11) is 0. The predicted molar refractivity (Wildman–Crippen MR) is 71.3 cm³/mol. The highest BCUT2D eigenvalue weighted by atomic mass is 16.5. The summed E-state index contributed by atoms with van der Waals surface area (Å²) in [6.07, 6.45) is 9.37. The maximum Gasteiger partial charge on any atom is 0.226 e. The van der Waals surface area contributed by atoms with Gasteiger partial charge in [-0.15, -0.1) is 0 Å². The molecule has 1 fully saturated rings. The molecule has 0 aliphatic heterocycles. The molecule has 0 unspecified atom stereocenters. The van der Waals surface area contributed by atoms with Gasteiger partial charge < -0.3 is 10.3 Å². The molecule has 102 valence electrons. The van der Waals surface area contributed by atoms with Crippen LogP contribution >= 0.6 is 0 Å². The van der Waals surface area contributed by atoms with Crippen LogP contribution in [0.2, 0.25) is 0 Å². The molecule has 4 nitrogen and oxygen atoms in total. The highest BCUT2D eigenvalue weighted by Crippen LogP contribution is 2.29. The van der Waals surface area contributed by atoms with Gasteiger partial charge >= 0.3 is 0 Å². The van der Waals surface area contributed by atoms with Crippen molar-refractivity contribution in [1.29, 1.82) is 0 Å². The maximum absolute atomic E-state index is 5.96. The molecule has 4 heteroatoms. The van der Waals surface area contributed by atoms with Gasteiger partial charge in [0.15, 0.2) is 5.82 Å². The summed E-state index contributed by atoms with van der Waals surface area (Å²) in [6.45, 7) is 4.05. The van der Waals surface area contributed by atoms with Crippen molar-refractivity contribution >= 4 is 0 Å². The number of nitrogens with zero attached hydrogens (tertiary/aromatic N) is 2. The van der Waals surface area contributed by atoms with Crippen LogP contribution in [0.15, 0.2) is 4.52 Å². The first-order valence-corrected chi connectivity index (χ1v) is 7.16. The Hall–Kier alpha value is -0.900. The third-order valence-corrected chi connectivity index (χ3v) is 3.69. The van der Waals surface area contributed by atoms with Crippen LogP contribution in [0.4, 0.5) is 0 Å². The Kier molecular flexibility index (Phi) is 4.38. The maximum atomic E-state index is 5.96. The molecular weight excluding hydrogens is 226 g/mol. The Morgan fingerprint density at radius 1 is 1.22 bits per heavy atom. The van der Waals surface area contributed by atoms with Gasteiger partial charge in [-0.05, 0) is 33.1 Å². The fourth-order valence-electron chi connectivity index (χ4n) is 2.50. The SMILES string of the molecule is CC(C)(N)CCc1nc(C2CCCCCC2)no1. The van der Waals surface area contributed by atoms with Gasteiger partial charge in [0.25, 0.3) is 0 Å². The van der Waals surface area contributed by atoms with Gasteiger partial charge in [0.1, 0.15) is 0 Å². The van der Waals surface area contributed by atoms with Gasteiger partial charge in [0.2, 0.25) is 5.89 Å². The molecular formula is C14H25N3O. The average molecular weight is 251 g/mol. The number of aryl methyl sites for hydroxylation is 1. The van der Waals surface area contributed by atoms with Gasteiger partial charge in [0.05, 0.1) is 0 Å². The minimum atomic E-state index is -0.170. The number of nitrogens with two attached hydrogens (primary N) is 1. The Bertz CT molecular complexity index is 359. The summed E-state index contributed by atoms with van der Waals surface area (Å²) < 4.78 is 5.34. The van der Waals surface area contributed by atoms with Crippen LogP contribution in [0.25, 0.3) is 0 Å². The van der Waals surface area contributed by atoms with E-state index in [1.807, 2.05) is 13.8 Å². The zero-order chi connectivity index (χ0) is 13.0. The lowest BCUT2D eigenvalue weighted by atomic mass is 9.99. The molecule has 0 aromatic carbocycles. The van der Waals surface area contributed by atoms with Crippen molar-refractivity contribution in [2.24, 2.45) is 5.73 Å². The van der Waals surface area contributed by atoms with E-state index in [-0.39, 0.29) is 5.54 Å². The van der Waals surface area contributed by atoms with Gasteiger partial charge in [-0.3, -0.25) is 0 Å². The van der Waals surface area contributed by atoms with E-state index in [2.05, 4.69) is 10.1 Å². The Morgan fingerprint density at radius 2 is 1.89 bits per heavy atom. The lowest BCUT2D eigenvalue weighted by molar-refractivity contribution is 0.350. The van der Waals surface area contributed by atoms with Crippen LogP contribution in [0.3, 0.4) is 0 Å². The third kappa shape index (κ3) is 4.09. The minimum Gasteiger partial charge on any atom is -0.339 e. The number of hydrogen-bond donors (Lipinski definition) is 1. The average Bonchev–Trinajstić information content (AvgIpc) is 2.60. The molecule has 1 aliphatic carbocycles. The van der Waals surface area contributed by atoms with E-state index in [9.17, 15) is 0 Å². The number of aromatic nitrogens is 2. The van der Waals surface area contributed by atoms with Crippen LogP contribution in [-0.4, -0.2) is 15.7 Å². The number of rotatable bonds is 4. The molecule has 18 heavy (non-hydrogen) atoms. The Morgan fingerprint density at radius 3 is 2.50 bits per heavy atom. The molecule has 1 aromatic rings. The summed E-state index contributed by atoms with van der Waals surface area (Å²) in [4.78, 5) is 4.55. The zero-order valence-electron chi connectivity index (χ0n) is 11.6. The molecule has 0 bridgehead atoms. The van der Waals surface area contributed by atoms with E-state index in [0.717, 1.165) is 24.6 Å². The largest absolute Gasteiger partial charge is 0.339 e. The van der Waals surface area contributed by atoms with E-state index in [4.69, 9.17) is 10.3 Å². The Labute approximate surface area is 109 Å². The molecule has 1 aromatic heterocycles. The van der Waals surface area contributed by atoms with Crippen molar-refractivity contribution in [3.05, 3.63) is 11.7 Å². The molecule has 0 radical (unpaired) electrons. The molecule has 1 heterocycles. The van der Waals surface area contributed by atoms with Crippen LogP contribution in [0.5, 0.6) is 0 Å². The number of hydrogen-bond acceptors (Lipinski definition) is 4. The van der Waals surface area contributed by atoms with Crippen LogP contribution < -0.4 is 5.73 Å². The van der Waals surface area contributed by atoms with Gasteiger partial charge in [-0.1, -0.05) is 30.8 Å². The quantitative estimate of drug-likeness (QED) is 0.835. The van der Waals surface area contributed by atoms with Gasteiger partial charge in [0, 0.05) is 17.9 Å². The van der Waals surface area contributed by atoms with Gasteiger partial charge in [-0.2, -0.15) is 4.98 Å². The summed E-state index contributed by atoms with van der Waals surface area (Å²) in [5, 5.41) is 4.16. The smallest absolute Gasteiger partial charge is 0.226 e. The molecule has 0 saturated heterocycles. The Balaban J connectivity index is 1.92. The van der Waals surface area contributed by atoms with Crippen molar-refractivity contribution in [2.45, 2.75) is 76.7 Å². The summed E-state index contributed by atoms with van der Waals surface area (Å²) in [5.41, 5.74) is 5.79. The lowest BCUT2D eigenvalue weighted by Crippen LogP contribution is -2.32. The van der Waals surface area contributed by atoms with E-state index in [0.29, 0.717) is 5.92 Å². The normalized spacial score (nSPS) is 18.8. The van der Waals surface area contributed by atoms with Crippen molar-refractivity contribution in [3.63, 3.8) is 0 Å². The third-order valence-electron chi connectivity index (χ3n) is 3.69. The second-order valence-electron chi connectivity index (χ2n) is 6.22. The molecule has 0 spiro atoms. The minimum absolute atomic E-state index is 0.170. The molecule has 0 amide bonds. The van der Waals surface area contributed by atoms with E-state index >= 15 is 0 Å². The molecule has 1 saturated carbocycles. The summed E-state index contributed by atoms with van der Waals surface area (Å²) >= 11 is 0. The second-order valence-corrected chi connectivity index (χ2v) is 6.22. The predicted octanol–water partition coefficient (Wildman–Crippen LogP) is 3.18. The molecule has 0 atom stereocenters. The van der Waals surface area contributed by atoms with Gasteiger partial charge in [-0.25, -0.2) is 0 Å². The first-order chi connectivity index (χ1) is 8.54. The van der Waals surface area contributed by atoms with Crippen LogP contribution in [-0.2, 0) is 6.42 Å². The first kappa shape index (κ1) is 13.5. The van der Waals surface area contributed by atoms with Crippen molar-refractivity contribution < 1.29 is 4.52 Å². The molecule has 2 rings (SSSR count). The van der Waals surface area contributed by atoms with E-state index in [1.165, 1.54) is 38.5 Å². The van der Waals surface area contributed by atoms with Crippen molar-refractivity contribution in [1.82, 2.24) is 10.1 Å². The van der Waals surface area contributed by atoms with Crippen LogP contribution in [0, 0.1) is 0 Å². The summed E-state index contributed by atoms with van der Waals surface area (Å²) in [6, 6.07) is 0. The lowest BCUT2D eigenvalue weighted by Gasteiger charge is -2.16. The topological polar surface area (TPSA) is 64.9 Å². The highest BCUT2D eigenvalue weighted by molar-refractivity contribution is 4.97. The monoisotopic (exact) mass is 251 g/mol. The summed E-state index contributed by atoms with van der Waals surface area (Å²) in [5.74, 6) is 2.17. The van der Waals surface area contributed by atoms with Crippen LogP contribution in [0.1, 0.15) is 76.4 Å². The second kappa shape index (κ2) is 5.83. The first-order valence-electron chi connectivity index (χ1n) is 7.16. The van der Waals surface area contributed by atoms with E-state index in [1.54, 1.807) is 0 Å². The standard InChI is InChI=1S/C14H25N3O/c1-14(2,15)10-9-12-16-13(17-18-12)11-7-5-3-4-6-8-11/h11H,3-10,15H2,1-2H3.